The first kappa shape index (κ1) is 15.3. The summed E-state index contributed by atoms with van der Waals surface area (Å²) in [5.74, 6) is -0.132. The zero-order valence-corrected chi connectivity index (χ0v) is 12.1. The van der Waals surface area contributed by atoms with Crippen LogP contribution in [0.2, 0.25) is 0 Å². The van der Waals surface area contributed by atoms with E-state index in [2.05, 4.69) is 5.32 Å². The maximum atomic E-state index is 12.0. The fraction of sp³-hybridized carbons (Fsp3) is 0.467. The van der Waals surface area contributed by atoms with Crippen LogP contribution in [0.15, 0.2) is 30.3 Å². The van der Waals surface area contributed by atoms with Gasteiger partial charge < -0.3 is 20.7 Å². The molecule has 0 spiro atoms. The van der Waals surface area contributed by atoms with E-state index in [1.807, 2.05) is 37.3 Å². The van der Waals surface area contributed by atoms with Gasteiger partial charge in [-0.2, -0.15) is 0 Å². The molecule has 2 atom stereocenters. The van der Waals surface area contributed by atoms with E-state index in [0.717, 1.165) is 12.0 Å². The predicted molar refractivity (Wildman–Crippen MR) is 78.4 cm³/mol. The van der Waals surface area contributed by atoms with Crippen LogP contribution in [-0.4, -0.2) is 42.1 Å². The minimum atomic E-state index is -0.594. The molecule has 0 bridgehead atoms. The SMILES string of the molecule is C[C@@H]1[C@H](N)CCN1C(=O)CNC(=O)OCc1ccccc1. The second kappa shape index (κ2) is 7.08. The van der Waals surface area contributed by atoms with Gasteiger partial charge in [-0.05, 0) is 18.9 Å². The van der Waals surface area contributed by atoms with Gasteiger partial charge in [-0.25, -0.2) is 4.79 Å². The standard InChI is InChI=1S/C15H21N3O3/c1-11-13(16)7-8-18(11)14(19)9-17-15(20)21-10-12-5-3-2-4-6-12/h2-6,11,13H,7-10,16H2,1H3,(H,17,20)/t11-,13-/m1/s1. The quantitative estimate of drug-likeness (QED) is 0.861. The highest BCUT2D eigenvalue weighted by Crippen LogP contribution is 2.15. The number of carbonyl (C=O) groups excluding carboxylic acids is 2. The smallest absolute Gasteiger partial charge is 0.407 e. The van der Waals surface area contributed by atoms with Gasteiger partial charge in [0.25, 0.3) is 0 Å². The predicted octanol–water partition coefficient (Wildman–Crippen LogP) is 0.861. The first-order valence-electron chi connectivity index (χ1n) is 7.07. The molecular weight excluding hydrogens is 270 g/mol. The number of amides is 2. The van der Waals surface area contributed by atoms with Gasteiger partial charge in [-0.1, -0.05) is 30.3 Å². The van der Waals surface area contributed by atoms with Crippen molar-refractivity contribution in [2.75, 3.05) is 13.1 Å². The van der Waals surface area contributed by atoms with E-state index in [0.29, 0.717) is 6.54 Å². The summed E-state index contributed by atoms with van der Waals surface area (Å²) in [4.78, 5) is 25.2. The topological polar surface area (TPSA) is 84.7 Å². The molecule has 6 heteroatoms. The van der Waals surface area contributed by atoms with Gasteiger partial charge in [-0.3, -0.25) is 4.79 Å². The highest BCUT2D eigenvalue weighted by Gasteiger charge is 2.31. The third-order valence-corrected chi connectivity index (χ3v) is 3.73. The average Bonchev–Trinajstić information content (AvgIpc) is 2.83. The normalized spacial score (nSPS) is 21.1. The molecular formula is C15H21N3O3. The van der Waals surface area contributed by atoms with Crippen LogP contribution in [0.3, 0.4) is 0 Å². The summed E-state index contributed by atoms with van der Waals surface area (Å²) in [5, 5.41) is 2.47. The Labute approximate surface area is 124 Å². The molecule has 114 valence electrons. The van der Waals surface area contributed by atoms with Crippen molar-refractivity contribution in [3.63, 3.8) is 0 Å². The Morgan fingerprint density at radius 1 is 1.38 bits per heavy atom. The minimum Gasteiger partial charge on any atom is -0.445 e. The molecule has 1 heterocycles. The van der Waals surface area contributed by atoms with Crippen molar-refractivity contribution in [1.29, 1.82) is 0 Å². The number of hydrogen-bond acceptors (Lipinski definition) is 4. The fourth-order valence-corrected chi connectivity index (χ4v) is 2.34. The number of ether oxygens (including phenoxy) is 1. The molecule has 3 N–H and O–H groups in total. The second-order valence-corrected chi connectivity index (χ2v) is 5.20. The summed E-state index contributed by atoms with van der Waals surface area (Å²) >= 11 is 0. The van der Waals surface area contributed by atoms with Crippen LogP contribution >= 0.6 is 0 Å². The molecule has 21 heavy (non-hydrogen) atoms. The van der Waals surface area contributed by atoms with Crippen LogP contribution in [0.5, 0.6) is 0 Å². The molecule has 1 aromatic rings. The number of nitrogens with two attached hydrogens (primary N) is 1. The van der Waals surface area contributed by atoms with E-state index in [1.54, 1.807) is 4.90 Å². The molecule has 1 aliphatic heterocycles. The van der Waals surface area contributed by atoms with E-state index < -0.39 is 6.09 Å². The Kier molecular flexibility index (Phi) is 5.16. The highest BCUT2D eigenvalue weighted by atomic mass is 16.5. The summed E-state index contributed by atoms with van der Waals surface area (Å²) in [6.07, 6.45) is 0.203. The third-order valence-electron chi connectivity index (χ3n) is 3.73. The zero-order valence-electron chi connectivity index (χ0n) is 12.1. The Hall–Kier alpha value is -2.08. The van der Waals surface area contributed by atoms with Crippen molar-refractivity contribution in [1.82, 2.24) is 10.2 Å². The molecule has 1 fully saturated rings. The van der Waals surface area contributed by atoms with Crippen LogP contribution in [-0.2, 0) is 16.1 Å². The van der Waals surface area contributed by atoms with Crippen molar-refractivity contribution in [3.8, 4) is 0 Å². The average molecular weight is 291 g/mol. The van der Waals surface area contributed by atoms with Crippen molar-refractivity contribution in [2.24, 2.45) is 5.73 Å². The Morgan fingerprint density at radius 3 is 2.71 bits per heavy atom. The number of alkyl carbamates (subject to hydrolysis) is 1. The van der Waals surface area contributed by atoms with E-state index in [4.69, 9.17) is 10.5 Å². The van der Waals surface area contributed by atoms with Crippen molar-refractivity contribution < 1.29 is 14.3 Å². The maximum Gasteiger partial charge on any atom is 0.407 e. The molecule has 1 saturated heterocycles. The molecule has 2 rings (SSSR count). The first-order valence-corrected chi connectivity index (χ1v) is 7.07. The van der Waals surface area contributed by atoms with Crippen LogP contribution < -0.4 is 11.1 Å². The van der Waals surface area contributed by atoms with Crippen LogP contribution in [0, 0.1) is 0 Å². The van der Waals surface area contributed by atoms with Gasteiger partial charge in [0.15, 0.2) is 0 Å². The van der Waals surface area contributed by atoms with Gasteiger partial charge in [0, 0.05) is 18.6 Å². The summed E-state index contributed by atoms with van der Waals surface area (Å²) < 4.78 is 5.04. The summed E-state index contributed by atoms with van der Waals surface area (Å²) in [6, 6.07) is 9.40. The van der Waals surface area contributed by atoms with E-state index >= 15 is 0 Å². The van der Waals surface area contributed by atoms with Gasteiger partial charge in [-0.15, -0.1) is 0 Å². The second-order valence-electron chi connectivity index (χ2n) is 5.20. The number of nitrogens with zero attached hydrogens (tertiary/aromatic N) is 1. The molecule has 2 amide bonds. The number of benzene rings is 1. The maximum absolute atomic E-state index is 12.0. The van der Waals surface area contributed by atoms with Crippen molar-refractivity contribution in [2.45, 2.75) is 32.0 Å². The molecule has 6 nitrogen and oxygen atoms in total. The van der Waals surface area contributed by atoms with E-state index in [9.17, 15) is 9.59 Å². The largest absolute Gasteiger partial charge is 0.445 e. The number of likely N-dealkylation sites (tertiary alicyclic amines) is 1. The van der Waals surface area contributed by atoms with E-state index in [-0.39, 0.29) is 31.1 Å². The van der Waals surface area contributed by atoms with Crippen molar-refractivity contribution in [3.05, 3.63) is 35.9 Å². The molecule has 1 aromatic carbocycles. The third kappa shape index (κ3) is 4.19. The van der Waals surface area contributed by atoms with Crippen LogP contribution in [0.1, 0.15) is 18.9 Å². The number of hydrogen-bond donors (Lipinski definition) is 2. The van der Waals surface area contributed by atoms with Crippen LogP contribution in [0.25, 0.3) is 0 Å². The monoisotopic (exact) mass is 291 g/mol. The number of nitrogens with one attached hydrogen (secondary N) is 1. The Morgan fingerprint density at radius 2 is 2.10 bits per heavy atom. The molecule has 0 radical (unpaired) electrons. The first-order chi connectivity index (χ1) is 10.1. The lowest BCUT2D eigenvalue weighted by Gasteiger charge is -2.23. The lowest BCUT2D eigenvalue weighted by Crippen LogP contribution is -2.45. The van der Waals surface area contributed by atoms with Crippen LogP contribution in [0.4, 0.5) is 4.79 Å². The molecule has 0 saturated carbocycles. The molecule has 0 aliphatic carbocycles. The lowest BCUT2D eigenvalue weighted by molar-refractivity contribution is -0.130. The summed E-state index contributed by atoms with van der Waals surface area (Å²) in [7, 11) is 0. The van der Waals surface area contributed by atoms with Gasteiger partial charge >= 0.3 is 6.09 Å². The van der Waals surface area contributed by atoms with Gasteiger partial charge in [0.2, 0.25) is 5.91 Å². The minimum absolute atomic E-state index is 0.0129. The van der Waals surface area contributed by atoms with Gasteiger partial charge in [0.05, 0.1) is 0 Å². The van der Waals surface area contributed by atoms with Gasteiger partial charge in [0.1, 0.15) is 13.2 Å². The fourth-order valence-electron chi connectivity index (χ4n) is 2.34. The number of carbonyl (C=O) groups is 2. The summed E-state index contributed by atoms with van der Waals surface area (Å²) in [5.41, 5.74) is 6.77. The molecule has 0 unspecified atom stereocenters. The highest BCUT2D eigenvalue weighted by molar-refractivity contribution is 5.82. The molecule has 1 aliphatic rings. The number of rotatable bonds is 4. The Bertz CT molecular complexity index is 492. The Balaban J connectivity index is 1.70. The van der Waals surface area contributed by atoms with Crippen molar-refractivity contribution >= 4 is 12.0 Å². The molecule has 0 aromatic heterocycles. The zero-order chi connectivity index (χ0) is 15.2. The lowest BCUT2D eigenvalue weighted by atomic mass is 10.2. The summed E-state index contributed by atoms with van der Waals surface area (Å²) in [6.45, 7) is 2.68. The van der Waals surface area contributed by atoms with E-state index in [1.165, 1.54) is 0 Å².